The van der Waals surface area contributed by atoms with E-state index in [0.717, 1.165) is 23.6 Å². The standard InChI is InChI=1S/C22H29N7O/c1-4-23-22(25-16-20-27-26-19-9-7-8-14-29(19)20)24-15-17-10-12-18(13-11-17)21(30)28(5-2)6-3/h7-14H,4-6,15-16H2,1-3H3,(H2,23,24,25). The first kappa shape index (κ1) is 21.3. The van der Waals surface area contributed by atoms with Gasteiger partial charge >= 0.3 is 0 Å². The molecule has 0 spiro atoms. The van der Waals surface area contributed by atoms with Gasteiger partial charge in [-0.2, -0.15) is 0 Å². The zero-order chi connectivity index (χ0) is 21.3. The van der Waals surface area contributed by atoms with Gasteiger partial charge in [-0.3, -0.25) is 9.20 Å². The lowest BCUT2D eigenvalue weighted by molar-refractivity contribution is 0.0773. The summed E-state index contributed by atoms with van der Waals surface area (Å²) in [6, 6.07) is 13.5. The molecule has 2 aromatic heterocycles. The molecule has 30 heavy (non-hydrogen) atoms. The number of fused-ring (bicyclic) bond motifs is 1. The van der Waals surface area contributed by atoms with E-state index >= 15 is 0 Å². The third kappa shape index (κ3) is 5.14. The van der Waals surface area contributed by atoms with E-state index in [1.54, 1.807) is 0 Å². The average molecular weight is 408 g/mol. The molecule has 0 aliphatic rings. The van der Waals surface area contributed by atoms with Gasteiger partial charge in [0.1, 0.15) is 0 Å². The van der Waals surface area contributed by atoms with Crippen molar-refractivity contribution < 1.29 is 4.79 Å². The fourth-order valence-corrected chi connectivity index (χ4v) is 3.13. The van der Waals surface area contributed by atoms with Gasteiger partial charge in [0.15, 0.2) is 17.4 Å². The predicted octanol–water partition coefficient (Wildman–Crippen LogP) is 2.47. The van der Waals surface area contributed by atoms with Crippen LogP contribution in [0, 0.1) is 0 Å². The molecule has 0 aliphatic heterocycles. The predicted molar refractivity (Wildman–Crippen MR) is 118 cm³/mol. The number of guanidine groups is 1. The Hall–Kier alpha value is -3.42. The van der Waals surface area contributed by atoms with E-state index in [4.69, 9.17) is 0 Å². The number of pyridine rings is 1. The van der Waals surface area contributed by atoms with E-state index in [1.807, 2.05) is 78.7 Å². The SMILES string of the molecule is CCNC(=NCc1ccc(C(=O)N(CC)CC)cc1)NCc1nnc2ccccn12. The van der Waals surface area contributed by atoms with E-state index in [0.29, 0.717) is 37.7 Å². The van der Waals surface area contributed by atoms with E-state index in [1.165, 1.54) is 0 Å². The van der Waals surface area contributed by atoms with Crippen LogP contribution in [0.3, 0.4) is 0 Å². The van der Waals surface area contributed by atoms with Gasteiger partial charge in [0.25, 0.3) is 5.91 Å². The maximum atomic E-state index is 12.4. The van der Waals surface area contributed by atoms with E-state index < -0.39 is 0 Å². The summed E-state index contributed by atoms with van der Waals surface area (Å²) in [5.74, 6) is 1.58. The van der Waals surface area contributed by atoms with Crippen LogP contribution in [-0.4, -0.2) is 51.0 Å². The monoisotopic (exact) mass is 407 g/mol. The lowest BCUT2D eigenvalue weighted by Crippen LogP contribution is -2.37. The van der Waals surface area contributed by atoms with Crippen molar-refractivity contribution in [3.63, 3.8) is 0 Å². The lowest BCUT2D eigenvalue weighted by Gasteiger charge is -2.18. The fourth-order valence-electron chi connectivity index (χ4n) is 3.13. The van der Waals surface area contributed by atoms with Gasteiger partial charge in [0, 0.05) is 31.4 Å². The van der Waals surface area contributed by atoms with Crippen LogP contribution in [-0.2, 0) is 13.1 Å². The van der Waals surface area contributed by atoms with Crippen molar-refractivity contribution in [2.24, 2.45) is 4.99 Å². The van der Waals surface area contributed by atoms with Gasteiger partial charge in [0.05, 0.1) is 13.1 Å². The summed E-state index contributed by atoms with van der Waals surface area (Å²) in [5, 5.41) is 14.9. The van der Waals surface area contributed by atoms with Crippen molar-refractivity contribution in [1.29, 1.82) is 0 Å². The molecule has 8 heteroatoms. The largest absolute Gasteiger partial charge is 0.357 e. The molecule has 0 radical (unpaired) electrons. The number of amides is 1. The summed E-state index contributed by atoms with van der Waals surface area (Å²) in [5.41, 5.74) is 2.56. The fraction of sp³-hybridized carbons (Fsp3) is 0.364. The molecule has 2 N–H and O–H groups in total. The molecule has 0 saturated heterocycles. The minimum atomic E-state index is 0.0607. The smallest absolute Gasteiger partial charge is 0.253 e. The minimum absolute atomic E-state index is 0.0607. The van der Waals surface area contributed by atoms with Gasteiger partial charge in [-0.25, -0.2) is 4.99 Å². The zero-order valence-corrected chi connectivity index (χ0v) is 17.8. The first-order chi connectivity index (χ1) is 14.7. The number of hydrogen-bond donors (Lipinski definition) is 2. The first-order valence-electron chi connectivity index (χ1n) is 10.3. The molecule has 0 unspecified atom stereocenters. The minimum Gasteiger partial charge on any atom is -0.357 e. The summed E-state index contributed by atoms with van der Waals surface area (Å²) in [6.45, 7) is 9.19. The second-order valence-corrected chi connectivity index (χ2v) is 6.77. The van der Waals surface area contributed by atoms with E-state index in [-0.39, 0.29) is 5.91 Å². The number of rotatable bonds is 8. The van der Waals surface area contributed by atoms with E-state index in [9.17, 15) is 4.79 Å². The number of nitrogens with zero attached hydrogens (tertiary/aromatic N) is 5. The molecular weight excluding hydrogens is 378 g/mol. The number of aliphatic imine (C=N–C) groups is 1. The Balaban J connectivity index is 1.63. The Morgan fingerprint density at radius 1 is 1.03 bits per heavy atom. The van der Waals surface area contributed by atoms with Gasteiger partial charge < -0.3 is 15.5 Å². The van der Waals surface area contributed by atoms with Crippen LogP contribution in [0.25, 0.3) is 5.65 Å². The molecule has 1 amide bonds. The summed E-state index contributed by atoms with van der Waals surface area (Å²) in [6.07, 6.45) is 1.94. The van der Waals surface area contributed by atoms with Crippen molar-refractivity contribution in [1.82, 2.24) is 30.1 Å². The quantitative estimate of drug-likeness (QED) is 0.442. The van der Waals surface area contributed by atoms with Crippen molar-refractivity contribution in [3.8, 4) is 0 Å². The lowest BCUT2D eigenvalue weighted by atomic mass is 10.1. The summed E-state index contributed by atoms with van der Waals surface area (Å²) in [4.78, 5) is 18.9. The highest BCUT2D eigenvalue weighted by atomic mass is 16.2. The number of carbonyl (C=O) groups is 1. The summed E-state index contributed by atoms with van der Waals surface area (Å²) in [7, 11) is 0. The van der Waals surface area contributed by atoms with Crippen LogP contribution in [0.5, 0.6) is 0 Å². The highest BCUT2D eigenvalue weighted by Crippen LogP contribution is 2.09. The first-order valence-corrected chi connectivity index (χ1v) is 10.3. The molecule has 3 aromatic rings. The second-order valence-electron chi connectivity index (χ2n) is 6.77. The highest BCUT2D eigenvalue weighted by molar-refractivity contribution is 5.94. The van der Waals surface area contributed by atoms with Crippen LogP contribution >= 0.6 is 0 Å². The Bertz CT molecular complexity index is 990. The number of aromatic nitrogens is 3. The normalized spacial score (nSPS) is 11.5. The molecule has 8 nitrogen and oxygen atoms in total. The molecule has 0 fully saturated rings. The van der Waals surface area contributed by atoms with Crippen LogP contribution in [0.1, 0.15) is 42.5 Å². The number of carbonyl (C=O) groups excluding carboxylic acids is 1. The van der Waals surface area contributed by atoms with Crippen LogP contribution in [0.4, 0.5) is 0 Å². The molecule has 2 heterocycles. The molecule has 0 atom stereocenters. The average Bonchev–Trinajstić information content (AvgIpc) is 3.20. The Labute approximate surface area is 177 Å². The summed E-state index contributed by atoms with van der Waals surface area (Å²) >= 11 is 0. The van der Waals surface area contributed by atoms with Gasteiger partial charge in [-0.15, -0.1) is 10.2 Å². The molecule has 158 valence electrons. The molecule has 0 bridgehead atoms. The third-order valence-corrected chi connectivity index (χ3v) is 4.81. The van der Waals surface area contributed by atoms with Crippen molar-refractivity contribution in [2.75, 3.05) is 19.6 Å². The van der Waals surface area contributed by atoms with E-state index in [2.05, 4.69) is 25.8 Å². The number of nitrogens with one attached hydrogen (secondary N) is 2. The van der Waals surface area contributed by atoms with Gasteiger partial charge in [-0.1, -0.05) is 18.2 Å². The molecule has 0 saturated carbocycles. The number of benzene rings is 1. The second kappa shape index (κ2) is 10.4. The molecular formula is C22H29N7O. The van der Waals surface area contributed by atoms with Crippen LogP contribution in [0.15, 0.2) is 53.7 Å². The maximum absolute atomic E-state index is 12.4. The van der Waals surface area contributed by atoms with Gasteiger partial charge in [-0.05, 0) is 50.6 Å². The Morgan fingerprint density at radius 2 is 1.80 bits per heavy atom. The number of hydrogen-bond acceptors (Lipinski definition) is 4. The van der Waals surface area contributed by atoms with Crippen LogP contribution < -0.4 is 10.6 Å². The van der Waals surface area contributed by atoms with Crippen molar-refractivity contribution in [3.05, 3.63) is 65.6 Å². The molecule has 0 aliphatic carbocycles. The highest BCUT2D eigenvalue weighted by Gasteiger charge is 2.12. The van der Waals surface area contributed by atoms with Crippen LogP contribution in [0.2, 0.25) is 0 Å². The Morgan fingerprint density at radius 3 is 2.50 bits per heavy atom. The molecule has 3 rings (SSSR count). The zero-order valence-electron chi connectivity index (χ0n) is 17.8. The van der Waals surface area contributed by atoms with Gasteiger partial charge in [0.2, 0.25) is 0 Å². The third-order valence-electron chi connectivity index (χ3n) is 4.81. The van der Waals surface area contributed by atoms with Crippen molar-refractivity contribution >= 4 is 17.5 Å². The Kier molecular flexibility index (Phi) is 7.37. The molecule has 1 aromatic carbocycles. The summed E-state index contributed by atoms with van der Waals surface area (Å²) < 4.78 is 1.95. The maximum Gasteiger partial charge on any atom is 0.253 e. The topological polar surface area (TPSA) is 86.9 Å². The van der Waals surface area contributed by atoms with Crippen molar-refractivity contribution in [2.45, 2.75) is 33.9 Å².